The molecule has 22 heavy (non-hydrogen) atoms. The summed E-state index contributed by atoms with van der Waals surface area (Å²) in [6.45, 7) is 2.73. The Kier molecular flexibility index (Phi) is 5.03. The number of nitrogens with one attached hydrogen (secondary N) is 1. The van der Waals surface area contributed by atoms with Gasteiger partial charge in [0.25, 0.3) is 5.91 Å². The van der Waals surface area contributed by atoms with Crippen molar-refractivity contribution in [3.63, 3.8) is 0 Å². The third kappa shape index (κ3) is 3.84. The van der Waals surface area contributed by atoms with E-state index in [-0.39, 0.29) is 5.91 Å². The molecule has 1 aromatic heterocycles. The van der Waals surface area contributed by atoms with E-state index >= 15 is 0 Å². The number of anilines is 1. The molecule has 1 fully saturated rings. The van der Waals surface area contributed by atoms with Crippen molar-refractivity contribution in [2.45, 2.75) is 44.9 Å². The number of hydrogen-bond acceptors (Lipinski definition) is 4. The minimum Gasteiger partial charge on any atom is -0.357 e. The molecule has 5 heteroatoms. The molecular formula is C17H24N4O. The Hall–Kier alpha value is -1.91. The number of hydrogen-bond donors (Lipinski definition) is 1. The van der Waals surface area contributed by atoms with Crippen molar-refractivity contribution in [2.75, 3.05) is 24.5 Å². The van der Waals surface area contributed by atoms with E-state index in [1.165, 1.54) is 50.4 Å². The van der Waals surface area contributed by atoms with Gasteiger partial charge in [0, 0.05) is 25.7 Å². The van der Waals surface area contributed by atoms with Gasteiger partial charge in [0.15, 0.2) is 0 Å². The number of nitrogens with zero attached hydrogens (tertiary/aromatic N) is 3. The highest BCUT2D eigenvalue weighted by Crippen LogP contribution is 2.20. The molecule has 0 saturated carbocycles. The molecule has 1 saturated heterocycles. The normalized spacial score (nSPS) is 18.2. The first-order valence-electron chi connectivity index (χ1n) is 8.36. The summed E-state index contributed by atoms with van der Waals surface area (Å²) in [5, 5.41) is 2.98. The summed E-state index contributed by atoms with van der Waals surface area (Å²) < 4.78 is 0. The van der Waals surface area contributed by atoms with E-state index in [1.807, 2.05) is 0 Å². The topological polar surface area (TPSA) is 58.1 Å². The summed E-state index contributed by atoms with van der Waals surface area (Å²) >= 11 is 0. The van der Waals surface area contributed by atoms with Gasteiger partial charge >= 0.3 is 0 Å². The lowest BCUT2D eigenvalue weighted by Gasteiger charge is -2.16. The van der Waals surface area contributed by atoms with Gasteiger partial charge in [0.05, 0.1) is 0 Å². The molecule has 2 aliphatic rings. The van der Waals surface area contributed by atoms with Gasteiger partial charge in [-0.1, -0.05) is 11.6 Å². The molecule has 3 rings (SSSR count). The molecule has 1 aliphatic heterocycles. The largest absolute Gasteiger partial charge is 0.357 e. The maximum absolute atomic E-state index is 12.2. The van der Waals surface area contributed by atoms with Crippen molar-refractivity contribution in [3.05, 3.63) is 29.7 Å². The first-order chi connectivity index (χ1) is 10.8. The van der Waals surface area contributed by atoms with Gasteiger partial charge in [-0.3, -0.25) is 4.79 Å². The molecule has 1 aromatic rings. The Bertz CT molecular complexity index is 549. The molecule has 0 atom stereocenters. The summed E-state index contributed by atoms with van der Waals surface area (Å²) in [6, 6.07) is 1.81. The summed E-state index contributed by atoms with van der Waals surface area (Å²) in [4.78, 5) is 22.8. The predicted octanol–water partition coefficient (Wildman–Crippen LogP) is 2.70. The molecule has 0 unspecified atom stereocenters. The molecular weight excluding hydrogens is 276 g/mol. The first-order valence-corrected chi connectivity index (χ1v) is 8.36. The van der Waals surface area contributed by atoms with E-state index in [0.717, 1.165) is 25.3 Å². The SMILES string of the molecule is O=C(NCCC1=CCCCC1)c1cc(N2CCCC2)ncn1. The van der Waals surface area contributed by atoms with Crippen molar-refractivity contribution in [2.24, 2.45) is 0 Å². The lowest BCUT2D eigenvalue weighted by atomic mass is 9.97. The van der Waals surface area contributed by atoms with Gasteiger partial charge in [0.1, 0.15) is 17.8 Å². The van der Waals surface area contributed by atoms with Crippen LogP contribution in [0.3, 0.4) is 0 Å². The summed E-state index contributed by atoms with van der Waals surface area (Å²) in [7, 11) is 0. The molecule has 5 nitrogen and oxygen atoms in total. The van der Waals surface area contributed by atoms with E-state index in [4.69, 9.17) is 0 Å². The molecule has 0 spiro atoms. The lowest BCUT2D eigenvalue weighted by Crippen LogP contribution is -2.27. The number of rotatable bonds is 5. The Morgan fingerprint density at radius 2 is 2.05 bits per heavy atom. The van der Waals surface area contributed by atoms with Crippen LogP contribution >= 0.6 is 0 Å². The molecule has 0 radical (unpaired) electrons. The van der Waals surface area contributed by atoms with Gasteiger partial charge in [-0.2, -0.15) is 0 Å². The monoisotopic (exact) mass is 300 g/mol. The Morgan fingerprint density at radius 3 is 2.82 bits per heavy atom. The fourth-order valence-corrected chi connectivity index (χ4v) is 3.15. The summed E-state index contributed by atoms with van der Waals surface area (Å²) in [5.74, 6) is 0.770. The van der Waals surface area contributed by atoms with Crippen LogP contribution < -0.4 is 10.2 Å². The molecule has 1 aliphatic carbocycles. The number of allylic oxidation sites excluding steroid dienone is 1. The third-order valence-corrected chi connectivity index (χ3v) is 4.43. The average Bonchev–Trinajstić information content (AvgIpc) is 3.10. The fourth-order valence-electron chi connectivity index (χ4n) is 3.15. The highest BCUT2D eigenvalue weighted by molar-refractivity contribution is 5.92. The van der Waals surface area contributed by atoms with Crippen molar-refractivity contribution < 1.29 is 4.79 Å². The van der Waals surface area contributed by atoms with Crippen molar-refractivity contribution in [1.82, 2.24) is 15.3 Å². The Morgan fingerprint density at radius 1 is 1.18 bits per heavy atom. The van der Waals surface area contributed by atoms with Crippen LogP contribution in [-0.2, 0) is 0 Å². The van der Waals surface area contributed by atoms with E-state index in [2.05, 4.69) is 26.3 Å². The second kappa shape index (κ2) is 7.38. The molecule has 0 bridgehead atoms. The van der Waals surface area contributed by atoms with Crippen LogP contribution in [0.5, 0.6) is 0 Å². The van der Waals surface area contributed by atoms with Gasteiger partial charge < -0.3 is 10.2 Å². The van der Waals surface area contributed by atoms with Crippen molar-refractivity contribution >= 4 is 11.7 Å². The maximum atomic E-state index is 12.2. The van der Waals surface area contributed by atoms with Crippen LogP contribution in [0.1, 0.15) is 55.4 Å². The number of carbonyl (C=O) groups excluding carboxylic acids is 1. The first kappa shape index (κ1) is 15.0. The zero-order valence-electron chi connectivity index (χ0n) is 13.1. The lowest BCUT2D eigenvalue weighted by molar-refractivity contribution is 0.0949. The van der Waals surface area contributed by atoms with E-state index < -0.39 is 0 Å². The Balaban J connectivity index is 1.53. The van der Waals surface area contributed by atoms with Gasteiger partial charge in [-0.15, -0.1) is 0 Å². The van der Waals surface area contributed by atoms with Crippen LogP contribution in [0.25, 0.3) is 0 Å². The van der Waals surface area contributed by atoms with Crippen LogP contribution in [0.4, 0.5) is 5.82 Å². The predicted molar refractivity (Wildman–Crippen MR) is 87.0 cm³/mol. The average molecular weight is 300 g/mol. The quantitative estimate of drug-likeness (QED) is 0.849. The second-order valence-corrected chi connectivity index (χ2v) is 6.07. The fraction of sp³-hybridized carbons (Fsp3) is 0.588. The van der Waals surface area contributed by atoms with Gasteiger partial charge in [0.2, 0.25) is 0 Å². The minimum atomic E-state index is -0.0979. The zero-order chi connectivity index (χ0) is 15.2. The number of carbonyl (C=O) groups is 1. The van der Waals surface area contributed by atoms with E-state index in [0.29, 0.717) is 12.2 Å². The van der Waals surface area contributed by atoms with Crippen LogP contribution in [0, 0.1) is 0 Å². The third-order valence-electron chi connectivity index (χ3n) is 4.43. The molecule has 2 heterocycles. The van der Waals surface area contributed by atoms with Crippen LogP contribution in [0.15, 0.2) is 24.0 Å². The standard InChI is InChI=1S/C17H24N4O/c22-17(18-9-8-14-6-2-1-3-7-14)15-12-16(20-13-19-15)21-10-4-5-11-21/h6,12-13H,1-5,7-11H2,(H,18,22). The van der Waals surface area contributed by atoms with Crippen LogP contribution in [-0.4, -0.2) is 35.5 Å². The number of amides is 1. The summed E-state index contributed by atoms with van der Waals surface area (Å²) in [6.07, 6.45) is 12.1. The van der Waals surface area contributed by atoms with Crippen LogP contribution in [0.2, 0.25) is 0 Å². The molecule has 1 amide bonds. The smallest absolute Gasteiger partial charge is 0.270 e. The Labute approximate surface area is 131 Å². The molecule has 0 aromatic carbocycles. The molecule has 1 N–H and O–H groups in total. The zero-order valence-corrected chi connectivity index (χ0v) is 13.1. The summed E-state index contributed by atoms with van der Waals surface area (Å²) in [5.41, 5.74) is 1.95. The van der Waals surface area contributed by atoms with Crippen molar-refractivity contribution in [3.8, 4) is 0 Å². The van der Waals surface area contributed by atoms with E-state index in [1.54, 1.807) is 6.07 Å². The maximum Gasteiger partial charge on any atom is 0.270 e. The molecule has 118 valence electrons. The minimum absolute atomic E-state index is 0.0979. The van der Waals surface area contributed by atoms with Gasteiger partial charge in [-0.25, -0.2) is 9.97 Å². The van der Waals surface area contributed by atoms with E-state index in [9.17, 15) is 4.79 Å². The second-order valence-electron chi connectivity index (χ2n) is 6.07. The number of aromatic nitrogens is 2. The van der Waals surface area contributed by atoms with Crippen molar-refractivity contribution in [1.29, 1.82) is 0 Å². The van der Waals surface area contributed by atoms with Gasteiger partial charge in [-0.05, 0) is 44.9 Å². The highest BCUT2D eigenvalue weighted by atomic mass is 16.1. The highest BCUT2D eigenvalue weighted by Gasteiger charge is 2.16.